The molecule has 0 amide bonds. The molecule has 1 aliphatic heterocycles. The maximum absolute atomic E-state index is 9.61. The maximum Gasteiger partial charge on any atom is 0.0951 e. The summed E-state index contributed by atoms with van der Waals surface area (Å²) in [6.45, 7) is 1.57. The molecule has 1 atom stereocenters. The summed E-state index contributed by atoms with van der Waals surface area (Å²) < 4.78 is 0. The van der Waals surface area contributed by atoms with Crippen LogP contribution in [0.3, 0.4) is 0 Å². The van der Waals surface area contributed by atoms with Crippen molar-refractivity contribution in [2.75, 3.05) is 23.7 Å². The average Bonchev–Trinajstić information content (AvgIpc) is 2.77. The fourth-order valence-electron chi connectivity index (χ4n) is 2.42. The molecule has 1 aromatic heterocycles. The number of anilines is 2. The number of aliphatic hydroxyl groups excluding tert-OH is 1. The lowest BCUT2D eigenvalue weighted by molar-refractivity contribution is 0.198. The molecule has 3 N–H and O–H groups in total. The maximum atomic E-state index is 9.61. The summed E-state index contributed by atoms with van der Waals surface area (Å²) in [5, 5.41) is 10.7. The second kappa shape index (κ2) is 3.89. The molecule has 0 radical (unpaired) electrons. The minimum atomic E-state index is -0.223. The zero-order chi connectivity index (χ0) is 11.8. The third kappa shape index (κ3) is 1.70. The molecule has 1 unspecified atom stereocenters. The number of hydrogen-bond acceptors (Lipinski definition) is 4. The third-order valence-electron chi connectivity index (χ3n) is 3.28. The van der Waals surface area contributed by atoms with Gasteiger partial charge in [0.2, 0.25) is 0 Å². The largest absolute Gasteiger partial charge is 0.397 e. The zero-order valence-electron chi connectivity index (χ0n) is 9.50. The Bertz CT molecular complexity index is 555. The molecule has 4 nitrogen and oxygen atoms in total. The molecule has 1 aromatic carbocycles. The van der Waals surface area contributed by atoms with Gasteiger partial charge in [-0.1, -0.05) is 0 Å². The van der Waals surface area contributed by atoms with Crippen LogP contribution in [0, 0.1) is 0 Å². The number of nitrogens with zero attached hydrogens (tertiary/aromatic N) is 2. The first-order valence-corrected chi connectivity index (χ1v) is 5.82. The first-order chi connectivity index (χ1) is 8.25. The predicted molar refractivity (Wildman–Crippen MR) is 69.0 cm³/mol. The highest BCUT2D eigenvalue weighted by molar-refractivity contribution is 5.98. The van der Waals surface area contributed by atoms with Gasteiger partial charge in [0.15, 0.2) is 0 Å². The van der Waals surface area contributed by atoms with Crippen LogP contribution in [0.1, 0.15) is 6.42 Å². The van der Waals surface area contributed by atoms with Gasteiger partial charge in [-0.25, -0.2) is 0 Å². The van der Waals surface area contributed by atoms with E-state index in [1.54, 1.807) is 6.20 Å². The van der Waals surface area contributed by atoms with E-state index in [0.717, 1.165) is 29.6 Å². The lowest BCUT2D eigenvalue weighted by Gasteiger charge is -2.20. The molecule has 88 valence electrons. The van der Waals surface area contributed by atoms with Crippen LogP contribution >= 0.6 is 0 Å². The molecule has 2 aromatic rings. The zero-order valence-corrected chi connectivity index (χ0v) is 9.50. The fraction of sp³-hybridized carbons (Fsp3) is 0.308. The van der Waals surface area contributed by atoms with Gasteiger partial charge in [0, 0.05) is 30.4 Å². The first kappa shape index (κ1) is 10.4. The molecule has 0 aliphatic carbocycles. The number of nitrogens with two attached hydrogens (primary N) is 1. The highest BCUT2D eigenvalue weighted by atomic mass is 16.3. The van der Waals surface area contributed by atoms with Crippen LogP contribution in [0.4, 0.5) is 11.4 Å². The first-order valence-electron chi connectivity index (χ1n) is 5.82. The third-order valence-corrected chi connectivity index (χ3v) is 3.28. The second-order valence-electron chi connectivity index (χ2n) is 4.46. The SMILES string of the molecule is Nc1ccc(N2CCC(O)C2)c2cccnc12. The van der Waals surface area contributed by atoms with Crippen molar-refractivity contribution in [3.63, 3.8) is 0 Å². The number of rotatable bonds is 1. The van der Waals surface area contributed by atoms with Crippen LogP contribution in [0.25, 0.3) is 10.9 Å². The molecule has 1 aliphatic rings. The average molecular weight is 229 g/mol. The highest BCUT2D eigenvalue weighted by Crippen LogP contribution is 2.31. The van der Waals surface area contributed by atoms with Gasteiger partial charge in [0.1, 0.15) is 0 Å². The summed E-state index contributed by atoms with van der Waals surface area (Å²) in [5.41, 5.74) is 8.57. The fourth-order valence-corrected chi connectivity index (χ4v) is 2.42. The Morgan fingerprint density at radius 2 is 2.24 bits per heavy atom. The highest BCUT2D eigenvalue weighted by Gasteiger charge is 2.22. The number of aromatic nitrogens is 1. The standard InChI is InChI=1S/C13H15N3O/c14-11-3-4-12(16-7-5-9(17)8-16)10-2-1-6-15-13(10)11/h1-4,6,9,17H,5,7-8,14H2. The summed E-state index contributed by atoms with van der Waals surface area (Å²) in [7, 11) is 0. The van der Waals surface area contributed by atoms with Crippen molar-refractivity contribution in [1.29, 1.82) is 0 Å². The molecule has 2 heterocycles. The monoisotopic (exact) mass is 229 g/mol. The Balaban J connectivity index is 2.14. The Morgan fingerprint density at radius 3 is 3.00 bits per heavy atom. The van der Waals surface area contributed by atoms with Gasteiger partial charge < -0.3 is 15.7 Å². The molecule has 0 bridgehead atoms. The van der Waals surface area contributed by atoms with Crippen LogP contribution < -0.4 is 10.6 Å². The number of hydrogen-bond donors (Lipinski definition) is 2. The Kier molecular flexibility index (Phi) is 2.37. The van der Waals surface area contributed by atoms with Crippen LogP contribution in [-0.4, -0.2) is 29.3 Å². The van der Waals surface area contributed by atoms with E-state index < -0.39 is 0 Å². The van der Waals surface area contributed by atoms with Gasteiger partial charge in [-0.3, -0.25) is 4.98 Å². The number of aliphatic hydroxyl groups is 1. The van der Waals surface area contributed by atoms with Crippen LogP contribution in [0.5, 0.6) is 0 Å². The van der Waals surface area contributed by atoms with Gasteiger partial charge >= 0.3 is 0 Å². The van der Waals surface area contributed by atoms with Crippen LogP contribution in [-0.2, 0) is 0 Å². The summed E-state index contributed by atoms with van der Waals surface area (Å²) in [5.74, 6) is 0. The molecule has 0 saturated carbocycles. The van der Waals surface area contributed by atoms with E-state index in [1.807, 2.05) is 24.3 Å². The molecule has 17 heavy (non-hydrogen) atoms. The van der Waals surface area contributed by atoms with E-state index in [1.165, 1.54) is 0 Å². The van der Waals surface area contributed by atoms with Gasteiger partial charge in [0.25, 0.3) is 0 Å². The van der Waals surface area contributed by atoms with E-state index in [0.29, 0.717) is 12.2 Å². The lowest BCUT2D eigenvalue weighted by Crippen LogP contribution is -2.21. The van der Waals surface area contributed by atoms with E-state index in [-0.39, 0.29) is 6.10 Å². The molecule has 0 spiro atoms. The molecule has 4 heteroatoms. The van der Waals surface area contributed by atoms with Crippen molar-refractivity contribution >= 4 is 22.3 Å². The van der Waals surface area contributed by atoms with E-state index in [2.05, 4.69) is 9.88 Å². The number of nitrogen functional groups attached to an aromatic ring is 1. The van der Waals surface area contributed by atoms with Crippen LogP contribution in [0.15, 0.2) is 30.5 Å². The predicted octanol–water partition coefficient (Wildman–Crippen LogP) is 1.39. The number of β-amino-alcohol motifs (C(OH)–C–C–N with tert-alkyl or cyclic N) is 1. The number of fused-ring (bicyclic) bond motifs is 1. The van der Waals surface area contributed by atoms with Crippen molar-refractivity contribution in [3.8, 4) is 0 Å². The van der Waals surface area contributed by atoms with E-state index in [4.69, 9.17) is 5.73 Å². The number of pyridine rings is 1. The van der Waals surface area contributed by atoms with Crippen LogP contribution in [0.2, 0.25) is 0 Å². The molecule has 3 rings (SSSR count). The molecule has 1 fully saturated rings. The summed E-state index contributed by atoms with van der Waals surface area (Å²) in [6, 6.07) is 7.84. The van der Waals surface area contributed by atoms with Crippen molar-refractivity contribution < 1.29 is 5.11 Å². The Labute approximate surface area is 99.7 Å². The van der Waals surface area contributed by atoms with Crippen molar-refractivity contribution in [2.45, 2.75) is 12.5 Å². The minimum absolute atomic E-state index is 0.223. The quantitative estimate of drug-likeness (QED) is 0.725. The number of benzene rings is 1. The summed E-state index contributed by atoms with van der Waals surface area (Å²) >= 11 is 0. The Hall–Kier alpha value is -1.81. The van der Waals surface area contributed by atoms with Gasteiger partial charge in [-0.15, -0.1) is 0 Å². The van der Waals surface area contributed by atoms with Gasteiger partial charge in [-0.2, -0.15) is 0 Å². The van der Waals surface area contributed by atoms with Crippen molar-refractivity contribution in [3.05, 3.63) is 30.5 Å². The molecular weight excluding hydrogens is 214 g/mol. The summed E-state index contributed by atoms with van der Waals surface area (Å²) in [4.78, 5) is 6.51. The normalized spacial score (nSPS) is 20.1. The molecule has 1 saturated heterocycles. The topological polar surface area (TPSA) is 62.4 Å². The van der Waals surface area contributed by atoms with Crippen molar-refractivity contribution in [2.24, 2.45) is 0 Å². The lowest BCUT2D eigenvalue weighted by atomic mass is 10.1. The van der Waals surface area contributed by atoms with Gasteiger partial charge in [0.05, 0.1) is 17.3 Å². The minimum Gasteiger partial charge on any atom is -0.397 e. The van der Waals surface area contributed by atoms with Gasteiger partial charge in [-0.05, 0) is 30.7 Å². The smallest absolute Gasteiger partial charge is 0.0951 e. The molecular formula is C13H15N3O. The van der Waals surface area contributed by atoms with E-state index in [9.17, 15) is 5.11 Å². The summed E-state index contributed by atoms with van der Waals surface area (Å²) in [6.07, 6.45) is 2.35. The second-order valence-corrected chi connectivity index (χ2v) is 4.46. The van der Waals surface area contributed by atoms with Crippen molar-refractivity contribution in [1.82, 2.24) is 4.98 Å². The Morgan fingerprint density at radius 1 is 1.35 bits per heavy atom. The van der Waals surface area contributed by atoms with E-state index >= 15 is 0 Å².